The molecule has 0 saturated carbocycles. The van der Waals surface area contributed by atoms with Gasteiger partial charge in [0.05, 0.1) is 20.8 Å². The van der Waals surface area contributed by atoms with Crippen molar-refractivity contribution >= 4 is 18.0 Å². The van der Waals surface area contributed by atoms with Crippen LogP contribution in [-0.4, -0.2) is 38.9 Å². The van der Waals surface area contributed by atoms with E-state index < -0.39 is 18.0 Å². The highest BCUT2D eigenvalue weighted by Crippen LogP contribution is 2.27. The Bertz CT molecular complexity index is 545. The molecular formula is C14H14O6. The van der Waals surface area contributed by atoms with Crippen LogP contribution in [0.5, 0.6) is 11.5 Å². The van der Waals surface area contributed by atoms with Crippen LogP contribution < -0.4 is 9.47 Å². The molecule has 1 unspecified atom stereocenters. The van der Waals surface area contributed by atoms with E-state index in [0.717, 1.165) is 5.56 Å². The Balaban J connectivity index is 1.99. The highest BCUT2D eigenvalue weighted by molar-refractivity contribution is 5.96. The zero-order valence-corrected chi connectivity index (χ0v) is 11.1. The zero-order chi connectivity index (χ0) is 14.5. The maximum absolute atomic E-state index is 11.4. The molecule has 0 bridgehead atoms. The van der Waals surface area contributed by atoms with Crippen molar-refractivity contribution in [1.29, 1.82) is 0 Å². The first-order valence-corrected chi connectivity index (χ1v) is 5.91. The van der Waals surface area contributed by atoms with E-state index in [1.54, 1.807) is 18.2 Å². The molecule has 1 aromatic carbocycles. The quantitative estimate of drug-likeness (QED) is 0.348. The van der Waals surface area contributed by atoms with Gasteiger partial charge in [-0.05, 0) is 23.8 Å². The fourth-order valence-electron chi connectivity index (χ4n) is 1.50. The second-order valence-electron chi connectivity index (χ2n) is 4.01. The first-order chi connectivity index (χ1) is 9.63. The molecule has 0 aliphatic carbocycles. The van der Waals surface area contributed by atoms with Crippen molar-refractivity contribution in [2.45, 2.75) is 6.10 Å². The summed E-state index contributed by atoms with van der Waals surface area (Å²) in [6, 6.07) is 5.17. The summed E-state index contributed by atoms with van der Waals surface area (Å²) in [5, 5.41) is 0. The first-order valence-electron chi connectivity index (χ1n) is 5.91. The number of hydrogen-bond donors (Lipinski definition) is 0. The smallest absolute Gasteiger partial charge is 0.345 e. The number of esters is 2. The minimum absolute atomic E-state index is 0.311. The van der Waals surface area contributed by atoms with Crippen LogP contribution in [0.4, 0.5) is 0 Å². The maximum Gasteiger partial charge on any atom is 0.345 e. The molecule has 0 amide bonds. The Morgan fingerprint density at radius 1 is 1.25 bits per heavy atom. The van der Waals surface area contributed by atoms with Gasteiger partial charge in [0.2, 0.25) is 0 Å². The lowest BCUT2D eigenvalue weighted by atomic mass is 10.2. The summed E-state index contributed by atoms with van der Waals surface area (Å²) in [6.07, 6.45) is 2.10. The normalized spacial score (nSPS) is 16.8. The van der Waals surface area contributed by atoms with Gasteiger partial charge in [-0.1, -0.05) is 6.07 Å². The summed E-state index contributed by atoms with van der Waals surface area (Å²) in [4.78, 5) is 22.6. The molecule has 106 valence electrons. The summed E-state index contributed by atoms with van der Waals surface area (Å²) in [5.74, 6) is -0.258. The third kappa shape index (κ3) is 3.58. The average molecular weight is 278 g/mol. The van der Waals surface area contributed by atoms with Crippen molar-refractivity contribution in [3.8, 4) is 11.5 Å². The van der Waals surface area contributed by atoms with E-state index in [0.29, 0.717) is 18.1 Å². The van der Waals surface area contributed by atoms with Gasteiger partial charge in [0.25, 0.3) is 0 Å². The fraction of sp³-hybridized carbons (Fsp3) is 0.286. The van der Waals surface area contributed by atoms with Crippen LogP contribution in [0.15, 0.2) is 24.3 Å². The molecule has 1 aromatic rings. The Morgan fingerprint density at radius 2 is 1.95 bits per heavy atom. The molecule has 1 aliphatic rings. The van der Waals surface area contributed by atoms with Gasteiger partial charge >= 0.3 is 11.9 Å². The van der Waals surface area contributed by atoms with Crippen molar-refractivity contribution in [1.82, 2.24) is 0 Å². The lowest BCUT2D eigenvalue weighted by Gasteiger charge is -2.07. The number of methoxy groups -OCH3 is 2. The van der Waals surface area contributed by atoms with Crippen molar-refractivity contribution in [2.75, 3.05) is 20.8 Å². The molecule has 1 aliphatic heterocycles. The van der Waals surface area contributed by atoms with Gasteiger partial charge in [0.15, 0.2) is 17.6 Å². The molecule has 2 rings (SSSR count). The monoisotopic (exact) mass is 278 g/mol. The highest BCUT2D eigenvalue weighted by atomic mass is 16.6. The number of epoxide rings is 1. The second-order valence-corrected chi connectivity index (χ2v) is 4.01. The molecule has 0 aromatic heterocycles. The number of hydrogen-bond acceptors (Lipinski definition) is 6. The van der Waals surface area contributed by atoms with E-state index in [4.69, 9.17) is 14.2 Å². The number of carbonyl (C=O) groups is 2. The molecule has 6 nitrogen and oxygen atoms in total. The SMILES string of the molecule is COc1ccc(/C=C/C(=O)OC(=O)C2CO2)cc1OC. The van der Waals surface area contributed by atoms with Crippen LogP contribution in [0.3, 0.4) is 0 Å². The van der Waals surface area contributed by atoms with Gasteiger partial charge in [-0.25, -0.2) is 9.59 Å². The van der Waals surface area contributed by atoms with Gasteiger partial charge < -0.3 is 18.9 Å². The molecule has 1 saturated heterocycles. The van der Waals surface area contributed by atoms with Crippen LogP contribution in [0, 0.1) is 0 Å². The van der Waals surface area contributed by atoms with Crippen LogP contribution in [0.2, 0.25) is 0 Å². The molecule has 0 radical (unpaired) electrons. The summed E-state index contributed by atoms with van der Waals surface area (Å²) >= 11 is 0. The van der Waals surface area contributed by atoms with E-state index >= 15 is 0 Å². The van der Waals surface area contributed by atoms with Gasteiger partial charge in [0.1, 0.15) is 0 Å². The molecule has 1 fully saturated rings. The molecule has 20 heavy (non-hydrogen) atoms. The maximum atomic E-state index is 11.4. The molecule has 0 spiro atoms. The Labute approximate surface area is 115 Å². The van der Waals surface area contributed by atoms with Gasteiger partial charge in [0, 0.05) is 6.08 Å². The molecule has 1 heterocycles. The molecule has 1 atom stereocenters. The molecule has 0 N–H and O–H groups in total. The Hall–Kier alpha value is -2.34. The first kappa shape index (κ1) is 14.1. The summed E-state index contributed by atoms with van der Waals surface area (Å²) < 4.78 is 19.5. The minimum Gasteiger partial charge on any atom is -0.493 e. The van der Waals surface area contributed by atoms with E-state index in [2.05, 4.69) is 4.74 Å². The number of rotatable bonds is 5. The zero-order valence-electron chi connectivity index (χ0n) is 11.1. The predicted octanol–water partition coefficient (Wildman–Crippen LogP) is 1.19. The van der Waals surface area contributed by atoms with Gasteiger partial charge in [-0.2, -0.15) is 0 Å². The lowest BCUT2D eigenvalue weighted by Crippen LogP contribution is -2.15. The average Bonchev–Trinajstić information content (AvgIpc) is 3.29. The standard InChI is InChI=1S/C14H14O6/c1-17-10-5-3-9(7-11(10)18-2)4-6-13(15)20-14(16)12-8-19-12/h3-7,12H,8H2,1-2H3/b6-4+. The predicted molar refractivity (Wildman–Crippen MR) is 69.4 cm³/mol. The van der Waals surface area contributed by atoms with E-state index in [9.17, 15) is 9.59 Å². The van der Waals surface area contributed by atoms with E-state index in [-0.39, 0.29) is 0 Å². The van der Waals surface area contributed by atoms with Gasteiger partial charge in [-0.3, -0.25) is 0 Å². The van der Waals surface area contributed by atoms with Crippen LogP contribution in [0.1, 0.15) is 5.56 Å². The van der Waals surface area contributed by atoms with E-state index in [1.165, 1.54) is 26.4 Å². The van der Waals surface area contributed by atoms with Gasteiger partial charge in [-0.15, -0.1) is 0 Å². The Morgan fingerprint density at radius 3 is 2.55 bits per heavy atom. The van der Waals surface area contributed by atoms with Crippen LogP contribution >= 0.6 is 0 Å². The van der Waals surface area contributed by atoms with E-state index in [1.807, 2.05) is 0 Å². The summed E-state index contributed by atoms with van der Waals surface area (Å²) in [5.41, 5.74) is 0.717. The van der Waals surface area contributed by atoms with Crippen molar-refractivity contribution < 1.29 is 28.5 Å². The van der Waals surface area contributed by atoms with Crippen molar-refractivity contribution in [3.63, 3.8) is 0 Å². The fourth-order valence-corrected chi connectivity index (χ4v) is 1.50. The lowest BCUT2D eigenvalue weighted by molar-refractivity contribution is -0.157. The third-order valence-electron chi connectivity index (χ3n) is 2.62. The summed E-state index contributed by atoms with van der Waals surface area (Å²) in [6.45, 7) is 0.311. The minimum atomic E-state index is -0.736. The number of benzene rings is 1. The van der Waals surface area contributed by atoms with Crippen molar-refractivity contribution in [3.05, 3.63) is 29.8 Å². The second kappa shape index (κ2) is 6.21. The molecule has 6 heteroatoms. The van der Waals surface area contributed by atoms with Crippen molar-refractivity contribution in [2.24, 2.45) is 0 Å². The number of ether oxygens (including phenoxy) is 4. The van der Waals surface area contributed by atoms with Crippen LogP contribution in [-0.2, 0) is 19.1 Å². The summed E-state index contributed by atoms with van der Waals surface area (Å²) in [7, 11) is 3.06. The van der Waals surface area contributed by atoms with Crippen LogP contribution in [0.25, 0.3) is 6.08 Å². The number of carbonyl (C=O) groups excluding carboxylic acids is 2. The largest absolute Gasteiger partial charge is 0.493 e. The Kier molecular flexibility index (Phi) is 4.37. The topological polar surface area (TPSA) is 74.4 Å². The molecular weight excluding hydrogens is 264 g/mol. The third-order valence-corrected chi connectivity index (χ3v) is 2.62. The highest BCUT2D eigenvalue weighted by Gasteiger charge is 2.34.